The Labute approximate surface area is 360 Å². The Kier molecular flexibility index (Phi) is 22.3. The van der Waals surface area contributed by atoms with E-state index in [4.69, 9.17) is 46.4 Å². The molecule has 0 aliphatic rings. The van der Waals surface area contributed by atoms with Gasteiger partial charge in [-0.3, -0.25) is 0 Å². The lowest BCUT2D eigenvalue weighted by molar-refractivity contribution is 0.497. The van der Waals surface area contributed by atoms with Crippen LogP contribution in [0.4, 0.5) is 26.3 Å². The fourth-order valence-electron chi connectivity index (χ4n) is 4.45. The van der Waals surface area contributed by atoms with Gasteiger partial charge in [0.25, 0.3) is 0 Å². The van der Waals surface area contributed by atoms with E-state index < -0.39 is 23.3 Å². The minimum Gasteiger partial charge on any atom is -0.207 e. The second-order valence-electron chi connectivity index (χ2n) is 13.9. The van der Waals surface area contributed by atoms with Crippen LogP contribution in [0, 0.1) is 118 Å². The molecule has 0 amide bonds. The summed E-state index contributed by atoms with van der Waals surface area (Å²) in [6.45, 7) is 21.2. The fraction of sp³-hybridized carbons (Fsp3) is 0.250. The van der Waals surface area contributed by atoms with Gasteiger partial charge < -0.3 is 0 Å². The molecule has 6 aromatic carbocycles. The average molecular weight is 883 g/mol. The summed E-state index contributed by atoms with van der Waals surface area (Å²) in [7, 11) is 0. The quantitative estimate of drug-likeness (QED) is 0.133. The molecule has 0 aliphatic heterocycles. The highest BCUT2D eigenvalue weighted by atomic mass is 35.5. The molecule has 58 heavy (non-hydrogen) atoms. The Morgan fingerprint density at radius 1 is 0.276 bits per heavy atom. The Morgan fingerprint density at radius 3 is 0.931 bits per heavy atom. The molecule has 0 saturated carbocycles. The predicted molar refractivity (Wildman–Crippen MR) is 235 cm³/mol. The van der Waals surface area contributed by atoms with Crippen molar-refractivity contribution in [1.82, 2.24) is 0 Å². The zero-order valence-electron chi connectivity index (χ0n) is 34.9. The molecule has 0 aliphatic carbocycles. The van der Waals surface area contributed by atoms with E-state index in [1.807, 2.05) is 71.9 Å². The Hall–Kier alpha value is -3.94. The number of halogens is 10. The van der Waals surface area contributed by atoms with Crippen LogP contribution >= 0.6 is 46.4 Å². The van der Waals surface area contributed by atoms with Gasteiger partial charge in [0.05, 0.1) is 0 Å². The van der Waals surface area contributed by atoms with Crippen LogP contribution in [0.5, 0.6) is 0 Å². The topological polar surface area (TPSA) is 0 Å². The van der Waals surface area contributed by atoms with E-state index >= 15 is 0 Å². The van der Waals surface area contributed by atoms with Crippen molar-refractivity contribution in [3.8, 4) is 0 Å². The molecule has 0 aromatic heterocycles. The van der Waals surface area contributed by atoms with Crippen LogP contribution in [-0.2, 0) is 0 Å². The highest BCUT2D eigenvalue weighted by molar-refractivity contribution is 6.36. The van der Waals surface area contributed by atoms with Gasteiger partial charge in [0, 0.05) is 31.2 Å². The van der Waals surface area contributed by atoms with Gasteiger partial charge in [-0.05, 0) is 187 Å². The Bertz CT molecular complexity index is 2010. The SMILES string of the molecule is Cc1cc(Cl)c(C)c(Cl)c1.Cc1cc(F)c(C)c(Cl)c1.Cc1cc(F)c(C)c(F)c1.Cc1ccc(C)c(Cl)c1.Cc1ccc(C)c(F)c1.Cc1ccc(C)c(F)c1F. The molecule has 0 heterocycles. The Balaban J connectivity index is 0.000000348. The van der Waals surface area contributed by atoms with Crippen molar-refractivity contribution in [2.24, 2.45) is 0 Å². The number of benzene rings is 6. The third-order valence-electron chi connectivity index (χ3n) is 8.40. The molecule has 0 unspecified atom stereocenters. The number of aryl methyl sites for hydroxylation is 9. The van der Waals surface area contributed by atoms with Crippen LogP contribution < -0.4 is 0 Å². The second kappa shape index (κ2) is 24.9. The van der Waals surface area contributed by atoms with Crippen LogP contribution in [0.2, 0.25) is 20.1 Å². The van der Waals surface area contributed by atoms with E-state index in [2.05, 4.69) is 6.07 Å². The van der Waals surface area contributed by atoms with Crippen molar-refractivity contribution < 1.29 is 26.3 Å². The minimum absolute atomic E-state index is 0.0885. The summed E-state index contributed by atoms with van der Waals surface area (Å²) in [6.07, 6.45) is 0. The molecule has 0 nitrogen and oxygen atoms in total. The maximum Gasteiger partial charge on any atom is 0.161 e. The van der Waals surface area contributed by atoms with Crippen molar-refractivity contribution in [2.45, 2.75) is 83.1 Å². The summed E-state index contributed by atoms with van der Waals surface area (Å²) < 4.78 is 75.8. The average Bonchev–Trinajstić information content (AvgIpc) is 3.14. The van der Waals surface area contributed by atoms with Crippen LogP contribution in [-0.4, -0.2) is 0 Å². The van der Waals surface area contributed by atoms with Gasteiger partial charge in [-0.25, -0.2) is 26.3 Å². The molecule has 0 atom stereocenters. The van der Waals surface area contributed by atoms with E-state index in [0.717, 1.165) is 42.9 Å². The largest absolute Gasteiger partial charge is 0.207 e. The van der Waals surface area contributed by atoms with E-state index in [-0.39, 0.29) is 17.2 Å². The molecule has 0 spiro atoms. The normalized spacial score (nSPS) is 9.90. The molecule has 0 radical (unpaired) electrons. The number of hydrogen-bond donors (Lipinski definition) is 0. The van der Waals surface area contributed by atoms with Crippen LogP contribution in [0.1, 0.15) is 66.8 Å². The lowest BCUT2D eigenvalue weighted by Gasteiger charge is -2.01. The highest BCUT2D eigenvalue weighted by Gasteiger charge is 2.06. The Morgan fingerprint density at radius 2 is 0.569 bits per heavy atom. The first kappa shape index (κ1) is 52.1. The van der Waals surface area contributed by atoms with Gasteiger partial charge >= 0.3 is 0 Å². The minimum atomic E-state index is -0.736. The van der Waals surface area contributed by atoms with Crippen LogP contribution in [0.15, 0.2) is 84.9 Å². The third-order valence-corrected chi connectivity index (χ3v) is 9.98. The maximum atomic E-state index is 12.8. The summed E-state index contributed by atoms with van der Waals surface area (Å²) in [6, 6.07) is 24.1. The van der Waals surface area contributed by atoms with Gasteiger partial charge in [0.15, 0.2) is 11.6 Å². The monoisotopic (exact) mass is 880 g/mol. The molecule has 0 saturated heterocycles. The molecule has 0 fully saturated rings. The van der Waals surface area contributed by atoms with Gasteiger partial charge in [-0.1, -0.05) is 82.8 Å². The van der Waals surface area contributed by atoms with Gasteiger partial charge in [-0.2, -0.15) is 0 Å². The van der Waals surface area contributed by atoms with Crippen LogP contribution in [0.25, 0.3) is 0 Å². The summed E-state index contributed by atoms with van der Waals surface area (Å²) in [4.78, 5) is 0. The zero-order chi connectivity index (χ0) is 44.6. The third kappa shape index (κ3) is 17.9. The summed E-state index contributed by atoms with van der Waals surface area (Å²) >= 11 is 23.2. The van der Waals surface area contributed by atoms with E-state index in [1.165, 1.54) is 50.6 Å². The van der Waals surface area contributed by atoms with Crippen molar-refractivity contribution >= 4 is 46.4 Å². The van der Waals surface area contributed by atoms with E-state index in [9.17, 15) is 26.3 Å². The highest BCUT2D eigenvalue weighted by Crippen LogP contribution is 2.25. The molecule has 6 rings (SSSR count). The van der Waals surface area contributed by atoms with Crippen molar-refractivity contribution in [1.29, 1.82) is 0 Å². The van der Waals surface area contributed by atoms with Gasteiger partial charge in [-0.15, -0.1) is 0 Å². The standard InChI is InChI=1S/C8H8Cl2.C8H8ClF.C8H9Cl.2C8H8F2.C8H9F/c2*1-5-3-7(9)6(2)8(10)4-5;1-6-3-4-7(2)8(9)5-6;1-5-3-7(9)6(2)8(10)4-5;1-5-3-4-6(2)8(10)7(5)9;1-6-3-4-7(2)8(9)5-6/h2*3-4H,1-2H3;3-5H,1-2H3;2*3-4H,1-2H3;3-5H,1-2H3. The smallest absolute Gasteiger partial charge is 0.161 e. The predicted octanol–water partition coefficient (Wildman–Crippen LogP) is 17.3. The van der Waals surface area contributed by atoms with Crippen molar-refractivity contribution in [3.05, 3.63) is 207 Å². The fourth-order valence-corrected chi connectivity index (χ4v) is 5.55. The summed E-state index contributed by atoms with van der Waals surface area (Å²) in [5.74, 6) is -2.77. The zero-order valence-corrected chi connectivity index (χ0v) is 37.9. The summed E-state index contributed by atoms with van der Waals surface area (Å²) in [5.41, 5.74) is 8.86. The van der Waals surface area contributed by atoms with E-state index in [1.54, 1.807) is 45.0 Å². The molecular weight excluding hydrogens is 832 g/mol. The molecule has 0 bridgehead atoms. The lowest BCUT2D eigenvalue weighted by Crippen LogP contribution is -1.91. The first-order chi connectivity index (χ1) is 26.8. The van der Waals surface area contributed by atoms with E-state index in [0.29, 0.717) is 32.8 Å². The maximum absolute atomic E-state index is 12.8. The first-order valence-electron chi connectivity index (χ1n) is 18.0. The van der Waals surface area contributed by atoms with Crippen LogP contribution in [0.3, 0.4) is 0 Å². The first-order valence-corrected chi connectivity index (χ1v) is 19.5. The van der Waals surface area contributed by atoms with Gasteiger partial charge in [0.1, 0.15) is 23.3 Å². The number of rotatable bonds is 0. The van der Waals surface area contributed by atoms with Gasteiger partial charge in [0.2, 0.25) is 0 Å². The lowest BCUT2D eigenvalue weighted by atomic mass is 10.1. The second-order valence-corrected chi connectivity index (χ2v) is 15.5. The molecule has 312 valence electrons. The molecule has 0 N–H and O–H groups in total. The number of hydrogen-bond acceptors (Lipinski definition) is 0. The molecular formula is C48H50Cl4F6. The molecule has 10 heteroatoms. The van der Waals surface area contributed by atoms with Crippen molar-refractivity contribution in [2.75, 3.05) is 0 Å². The summed E-state index contributed by atoms with van der Waals surface area (Å²) in [5, 5.41) is 2.84. The molecule has 6 aromatic rings. The van der Waals surface area contributed by atoms with Crippen molar-refractivity contribution in [3.63, 3.8) is 0 Å².